The van der Waals surface area contributed by atoms with E-state index < -0.39 is 5.60 Å². The van der Waals surface area contributed by atoms with Crippen molar-refractivity contribution in [1.29, 1.82) is 0 Å². The van der Waals surface area contributed by atoms with Crippen molar-refractivity contribution < 1.29 is 9.90 Å². The summed E-state index contributed by atoms with van der Waals surface area (Å²) in [6, 6.07) is 8.19. The van der Waals surface area contributed by atoms with Gasteiger partial charge in [-0.15, -0.1) is 11.3 Å². The fourth-order valence-electron chi connectivity index (χ4n) is 3.49. The maximum atomic E-state index is 12.2. The Kier molecular flexibility index (Phi) is 5.51. The van der Waals surface area contributed by atoms with Crippen LogP contribution >= 0.6 is 11.3 Å². The third-order valence-corrected chi connectivity index (χ3v) is 5.96. The lowest BCUT2D eigenvalue weighted by molar-refractivity contribution is -0.133. The van der Waals surface area contributed by atoms with Crippen LogP contribution in [0.15, 0.2) is 24.3 Å². The zero-order chi connectivity index (χ0) is 17.0. The van der Waals surface area contributed by atoms with Crippen molar-refractivity contribution >= 4 is 27.5 Å². The van der Waals surface area contributed by atoms with Gasteiger partial charge in [-0.05, 0) is 44.2 Å². The fraction of sp³-hybridized carbons (Fsp3) is 0.579. The number of benzene rings is 1. The van der Waals surface area contributed by atoms with E-state index in [4.69, 9.17) is 0 Å². The van der Waals surface area contributed by atoms with Crippen molar-refractivity contribution in [2.75, 3.05) is 13.6 Å². The molecule has 5 heteroatoms. The zero-order valence-corrected chi connectivity index (χ0v) is 15.1. The van der Waals surface area contributed by atoms with Crippen LogP contribution in [0.5, 0.6) is 0 Å². The molecule has 0 saturated heterocycles. The molecular weight excluding hydrogens is 320 g/mol. The Labute approximate surface area is 147 Å². The topological polar surface area (TPSA) is 53.4 Å². The first-order chi connectivity index (χ1) is 11.6. The molecule has 1 amide bonds. The standard InChI is InChI=1S/C19H26N2O2S/c1-21(14-19(23)12-6-7-13-19)18(22)11-5-4-10-17-20-15-8-2-3-9-16(15)24-17/h2-3,8-9,23H,4-7,10-14H2,1H3. The van der Waals surface area contributed by atoms with Crippen LogP contribution in [-0.4, -0.2) is 40.1 Å². The molecule has 1 heterocycles. The highest BCUT2D eigenvalue weighted by atomic mass is 32.1. The minimum Gasteiger partial charge on any atom is -0.388 e. The molecule has 1 aliphatic carbocycles. The van der Waals surface area contributed by atoms with Gasteiger partial charge < -0.3 is 10.0 Å². The van der Waals surface area contributed by atoms with Crippen LogP contribution in [0.4, 0.5) is 0 Å². The van der Waals surface area contributed by atoms with E-state index in [0.29, 0.717) is 13.0 Å². The van der Waals surface area contributed by atoms with E-state index in [1.54, 1.807) is 16.2 Å². The van der Waals surface area contributed by atoms with Gasteiger partial charge in [0.05, 0.1) is 20.8 Å². The average molecular weight is 346 g/mol. The van der Waals surface area contributed by atoms with Crippen LogP contribution < -0.4 is 0 Å². The van der Waals surface area contributed by atoms with Gasteiger partial charge in [-0.2, -0.15) is 0 Å². The second-order valence-corrected chi connectivity index (χ2v) is 8.08. The van der Waals surface area contributed by atoms with Gasteiger partial charge in [0.1, 0.15) is 0 Å². The zero-order valence-electron chi connectivity index (χ0n) is 14.3. The molecule has 24 heavy (non-hydrogen) atoms. The van der Waals surface area contributed by atoms with E-state index in [0.717, 1.165) is 55.5 Å². The minimum atomic E-state index is -0.647. The smallest absolute Gasteiger partial charge is 0.222 e. The summed E-state index contributed by atoms with van der Waals surface area (Å²) in [6.07, 6.45) is 7.12. The molecule has 1 aromatic heterocycles. The molecule has 0 spiro atoms. The van der Waals surface area contributed by atoms with E-state index >= 15 is 0 Å². The average Bonchev–Trinajstić information content (AvgIpc) is 3.17. The number of carbonyl (C=O) groups is 1. The summed E-state index contributed by atoms with van der Waals surface area (Å²) in [5.41, 5.74) is 0.420. The normalized spacial score (nSPS) is 16.6. The number of rotatable bonds is 7. The monoisotopic (exact) mass is 346 g/mol. The van der Waals surface area contributed by atoms with Crippen LogP contribution in [-0.2, 0) is 11.2 Å². The Balaban J connectivity index is 1.40. The van der Waals surface area contributed by atoms with Gasteiger partial charge >= 0.3 is 0 Å². The number of hydrogen-bond donors (Lipinski definition) is 1. The van der Waals surface area contributed by atoms with Gasteiger partial charge in [0.25, 0.3) is 0 Å². The van der Waals surface area contributed by atoms with Crippen LogP contribution in [0, 0.1) is 0 Å². The van der Waals surface area contributed by atoms with Gasteiger partial charge in [0, 0.05) is 20.0 Å². The van der Waals surface area contributed by atoms with Gasteiger partial charge in [-0.3, -0.25) is 4.79 Å². The second kappa shape index (κ2) is 7.62. The minimum absolute atomic E-state index is 0.139. The summed E-state index contributed by atoms with van der Waals surface area (Å²) in [6.45, 7) is 0.476. The predicted octanol–water partition coefficient (Wildman–Crippen LogP) is 3.77. The molecule has 0 radical (unpaired) electrons. The second-order valence-electron chi connectivity index (χ2n) is 6.96. The Bertz CT molecular complexity index is 658. The number of nitrogens with zero attached hydrogens (tertiary/aromatic N) is 2. The van der Waals surface area contributed by atoms with Crippen LogP contribution in [0.25, 0.3) is 10.2 Å². The van der Waals surface area contributed by atoms with E-state index in [2.05, 4.69) is 11.1 Å². The van der Waals surface area contributed by atoms with Crippen molar-refractivity contribution in [2.24, 2.45) is 0 Å². The van der Waals surface area contributed by atoms with Crippen molar-refractivity contribution in [3.63, 3.8) is 0 Å². The summed E-state index contributed by atoms with van der Waals surface area (Å²) in [5, 5.41) is 11.5. The first-order valence-corrected chi connectivity index (χ1v) is 9.68. The number of amides is 1. The number of fused-ring (bicyclic) bond motifs is 1. The summed E-state index contributed by atoms with van der Waals surface area (Å²) in [5.74, 6) is 0.139. The number of aliphatic hydroxyl groups is 1. The summed E-state index contributed by atoms with van der Waals surface area (Å²) in [7, 11) is 1.81. The highest BCUT2D eigenvalue weighted by molar-refractivity contribution is 7.18. The lowest BCUT2D eigenvalue weighted by Gasteiger charge is -2.28. The molecule has 2 aromatic rings. The molecule has 1 saturated carbocycles. The molecule has 0 unspecified atom stereocenters. The summed E-state index contributed by atoms with van der Waals surface area (Å²) in [4.78, 5) is 18.6. The number of aromatic nitrogens is 1. The predicted molar refractivity (Wildman–Crippen MR) is 98.2 cm³/mol. The lowest BCUT2D eigenvalue weighted by atomic mass is 10.0. The molecular formula is C19H26N2O2S. The molecule has 0 bridgehead atoms. The largest absolute Gasteiger partial charge is 0.388 e. The highest BCUT2D eigenvalue weighted by Gasteiger charge is 2.33. The lowest BCUT2D eigenvalue weighted by Crippen LogP contribution is -2.41. The van der Waals surface area contributed by atoms with Gasteiger partial charge in [0.2, 0.25) is 5.91 Å². The Hall–Kier alpha value is -1.46. The number of unbranched alkanes of at least 4 members (excludes halogenated alkanes) is 1. The number of thiazole rings is 1. The first kappa shape index (κ1) is 17.4. The Morgan fingerprint density at radius 1 is 1.29 bits per heavy atom. The van der Waals surface area contributed by atoms with E-state index in [1.807, 2.05) is 25.2 Å². The number of likely N-dealkylation sites (N-methyl/N-ethyl adjacent to an activating group) is 1. The molecule has 1 aliphatic rings. The van der Waals surface area contributed by atoms with Crippen molar-refractivity contribution in [3.05, 3.63) is 29.3 Å². The van der Waals surface area contributed by atoms with E-state index in [9.17, 15) is 9.90 Å². The fourth-order valence-corrected chi connectivity index (χ4v) is 4.50. The number of para-hydroxylation sites is 1. The quantitative estimate of drug-likeness (QED) is 0.777. The Morgan fingerprint density at radius 3 is 2.79 bits per heavy atom. The van der Waals surface area contributed by atoms with Crippen molar-refractivity contribution in [2.45, 2.75) is 57.0 Å². The SMILES string of the molecule is CN(CC1(O)CCCC1)C(=O)CCCCc1nc2ccccc2s1. The third-order valence-electron chi connectivity index (χ3n) is 4.86. The number of aryl methyl sites for hydroxylation is 1. The van der Waals surface area contributed by atoms with Crippen molar-refractivity contribution in [1.82, 2.24) is 9.88 Å². The van der Waals surface area contributed by atoms with E-state index in [1.165, 1.54) is 4.70 Å². The van der Waals surface area contributed by atoms with Gasteiger partial charge in [0.15, 0.2) is 0 Å². The van der Waals surface area contributed by atoms with Gasteiger partial charge in [-0.25, -0.2) is 4.98 Å². The summed E-state index contributed by atoms with van der Waals surface area (Å²) < 4.78 is 1.23. The Morgan fingerprint density at radius 2 is 2.04 bits per heavy atom. The molecule has 130 valence electrons. The number of hydrogen-bond acceptors (Lipinski definition) is 4. The number of carbonyl (C=O) groups excluding carboxylic acids is 1. The first-order valence-electron chi connectivity index (χ1n) is 8.87. The van der Waals surface area contributed by atoms with Crippen LogP contribution in [0.1, 0.15) is 50.0 Å². The maximum absolute atomic E-state index is 12.2. The molecule has 1 N–H and O–H groups in total. The van der Waals surface area contributed by atoms with Crippen molar-refractivity contribution in [3.8, 4) is 0 Å². The molecule has 0 aliphatic heterocycles. The van der Waals surface area contributed by atoms with Crippen LogP contribution in [0.2, 0.25) is 0 Å². The highest BCUT2D eigenvalue weighted by Crippen LogP contribution is 2.30. The molecule has 1 aromatic carbocycles. The van der Waals surface area contributed by atoms with Crippen LogP contribution in [0.3, 0.4) is 0 Å². The van der Waals surface area contributed by atoms with E-state index in [-0.39, 0.29) is 5.91 Å². The molecule has 1 fully saturated rings. The molecule has 0 atom stereocenters. The summed E-state index contributed by atoms with van der Waals surface area (Å²) >= 11 is 1.74. The third kappa shape index (κ3) is 4.33. The van der Waals surface area contributed by atoms with Gasteiger partial charge in [-0.1, -0.05) is 25.0 Å². The molecule has 3 rings (SSSR count). The maximum Gasteiger partial charge on any atom is 0.222 e. The molecule has 4 nitrogen and oxygen atoms in total.